The van der Waals surface area contributed by atoms with Gasteiger partial charge in [-0.2, -0.15) is 0 Å². The summed E-state index contributed by atoms with van der Waals surface area (Å²) in [6.07, 6.45) is 9.23. The van der Waals surface area contributed by atoms with E-state index >= 15 is 0 Å². The summed E-state index contributed by atoms with van der Waals surface area (Å²) in [6, 6.07) is 10.5. The zero-order chi connectivity index (χ0) is 22.8. The van der Waals surface area contributed by atoms with Gasteiger partial charge in [0.15, 0.2) is 0 Å². The van der Waals surface area contributed by atoms with Crippen LogP contribution in [0.5, 0.6) is 0 Å². The number of piperidine rings is 2. The minimum Gasteiger partial charge on any atom is -0.371 e. The molecule has 4 heterocycles. The maximum absolute atomic E-state index is 4.51. The van der Waals surface area contributed by atoms with E-state index in [2.05, 4.69) is 63.9 Å². The van der Waals surface area contributed by atoms with Gasteiger partial charge in [0.25, 0.3) is 0 Å². The molecule has 4 heteroatoms. The van der Waals surface area contributed by atoms with E-state index in [4.69, 9.17) is 0 Å². The van der Waals surface area contributed by atoms with Crippen molar-refractivity contribution in [1.29, 1.82) is 0 Å². The number of nitrogens with zero attached hydrogens (tertiary/aromatic N) is 4. The number of benzene rings is 1. The van der Waals surface area contributed by atoms with Crippen LogP contribution in [-0.4, -0.2) is 84.0 Å². The van der Waals surface area contributed by atoms with Crippen LogP contribution in [0.2, 0.25) is 0 Å². The third-order valence-electron chi connectivity index (χ3n) is 8.85. The Balaban J connectivity index is 1.15. The molecular formula is C29H44N4. The van der Waals surface area contributed by atoms with Gasteiger partial charge in [-0.1, -0.05) is 38.3 Å². The minimum atomic E-state index is 0.772. The highest BCUT2D eigenvalue weighted by Gasteiger charge is 2.30. The van der Waals surface area contributed by atoms with E-state index in [0.717, 1.165) is 44.2 Å². The van der Waals surface area contributed by atoms with Crippen LogP contribution in [0.4, 0.5) is 0 Å². The van der Waals surface area contributed by atoms with E-state index < -0.39 is 0 Å². The molecule has 0 N–H and O–H groups in total. The van der Waals surface area contributed by atoms with E-state index in [1.54, 1.807) is 0 Å². The van der Waals surface area contributed by atoms with Crippen LogP contribution >= 0.6 is 0 Å². The Morgan fingerprint density at radius 1 is 0.697 bits per heavy atom. The number of hydrogen-bond donors (Lipinski definition) is 0. The van der Waals surface area contributed by atoms with E-state index in [1.807, 2.05) is 0 Å². The fraction of sp³-hybridized carbons (Fsp3) is 0.655. The molecule has 1 aromatic carbocycles. The SMILES string of the molecule is C=C(c1cccc(C(=C)N2CCC(N3CCC(C)C3)CC2)c1)N1CCC(N2CCCC2)CC1. The molecule has 0 spiro atoms. The Morgan fingerprint density at radius 3 is 1.70 bits per heavy atom. The summed E-state index contributed by atoms with van der Waals surface area (Å²) in [4.78, 5) is 10.5. The molecule has 33 heavy (non-hydrogen) atoms. The van der Waals surface area contributed by atoms with Crippen LogP contribution in [0, 0.1) is 5.92 Å². The molecule has 4 nitrogen and oxygen atoms in total. The maximum atomic E-state index is 4.51. The molecule has 0 saturated carbocycles. The van der Waals surface area contributed by atoms with Gasteiger partial charge in [0.2, 0.25) is 0 Å². The average Bonchev–Trinajstić information content (AvgIpc) is 3.56. The Kier molecular flexibility index (Phi) is 7.13. The molecule has 0 amide bonds. The lowest BCUT2D eigenvalue weighted by molar-refractivity contribution is 0.155. The lowest BCUT2D eigenvalue weighted by atomic mass is 9.99. The largest absolute Gasteiger partial charge is 0.371 e. The summed E-state index contributed by atoms with van der Waals surface area (Å²) < 4.78 is 0. The quantitative estimate of drug-likeness (QED) is 0.607. The van der Waals surface area contributed by atoms with E-state index in [0.29, 0.717) is 0 Å². The van der Waals surface area contributed by atoms with Crippen molar-refractivity contribution >= 4 is 11.4 Å². The summed E-state index contributed by atoms with van der Waals surface area (Å²) in [7, 11) is 0. The van der Waals surface area contributed by atoms with Crippen molar-refractivity contribution in [2.45, 2.75) is 64.0 Å². The minimum absolute atomic E-state index is 0.772. The molecule has 0 bridgehead atoms. The van der Waals surface area contributed by atoms with Gasteiger partial charge in [-0.15, -0.1) is 0 Å². The summed E-state index contributed by atoms with van der Waals surface area (Å²) in [5.41, 5.74) is 4.89. The fourth-order valence-electron chi connectivity index (χ4n) is 6.65. The topological polar surface area (TPSA) is 13.0 Å². The highest BCUT2D eigenvalue weighted by molar-refractivity contribution is 5.69. The van der Waals surface area contributed by atoms with Crippen molar-refractivity contribution in [1.82, 2.24) is 19.6 Å². The number of hydrogen-bond acceptors (Lipinski definition) is 4. The summed E-state index contributed by atoms with van der Waals surface area (Å²) in [5.74, 6) is 0.875. The first kappa shape index (κ1) is 23.0. The Labute approximate surface area is 201 Å². The maximum Gasteiger partial charge on any atom is 0.0367 e. The Bertz CT molecular complexity index is 826. The normalized spacial score (nSPS) is 26.3. The molecule has 4 aliphatic rings. The van der Waals surface area contributed by atoms with Gasteiger partial charge < -0.3 is 14.7 Å². The van der Waals surface area contributed by atoms with Gasteiger partial charge in [-0.3, -0.25) is 4.90 Å². The molecule has 5 rings (SSSR count). The van der Waals surface area contributed by atoms with E-state index in [9.17, 15) is 0 Å². The van der Waals surface area contributed by atoms with Crippen molar-refractivity contribution < 1.29 is 0 Å². The Hall–Kier alpha value is -1.78. The molecule has 4 saturated heterocycles. The second kappa shape index (κ2) is 10.2. The molecule has 4 fully saturated rings. The van der Waals surface area contributed by atoms with Gasteiger partial charge in [0.05, 0.1) is 0 Å². The lowest BCUT2D eigenvalue weighted by Gasteiger charge is -2.39. The standard InChI is InChI=1S/C29H44N4/c1-23-9-16-33(22-23)29-12-19-31(20-13-29)25(3)27-8-6-7-26(21-27)24(2)30-17-10-28(11-18-30)32-14-4-5-15-32/h6-8,21,23,28-29H,2-5,9-20,22H2,1H3. The molecule has 180 valence electrons. The third kappa shape index (κ3) is 5.17. The fourth-order valence-corrected chi connectivity index (χ4v) is 6.65. The van der Waals surface area contributed by atoms with Crippen LogP contribution in [0.3, 0.4) is 0 Å². The van der Waals surface area contributed by atoms with Gasteiger partial charge in [0, 0.05) is 56.2 Å². The van der Waals surface area contributed by atoms with Gasteiger partial charge in [-0.05, 0) is 87.7 Å². The average molecular weight is 449 g/mol. The zero-order valence-electron chi connectivity index (χ0n) is 20.9. The molecule has 1 atom stereocenters. The first-order valence-corrected chi connectivity index (χ1v) is 13.5. The predicted molar refractivity (Wildman–Crippen MR) is 140 cm³/mol. The second-order valence-corrected chi connectivity index (χ2v) is 11.0. The summed E-state index contributed by atoms with van der Waals surface area (Å²) in [5, 5.41) is 0. The van der Waals surface area contributed by atoms with Gasteiger partial charge in [-0.25, -0.2) is 0 Å². The first-order chi connectivity index (χ1) is 16.1. The van der Waals surface area contributed by atoms with Gasteiger partial charge >= 0.3 is 0 Å². The monoisotopic (exact) mass is 448 g/mol. The zero-order valence-corrected chi connectivity index (χ0v) is 20.9. The van der Waals surface area contributed by atoms with Crippen molar-refractivity contribution in [3.63, 3.8) is 0 Å². The van der Waals surface area contributed by atoms with Crippen LogP contribution in [0.25, 0.3) is 11.4 Å². The highest BCUT2D eigenvalue weighted by Crippen LogP contribution is 2.30. The lowest BCUT2D eigenvalue weighted by Crippen LogP contribution is -2.43. The van der Waals surface area contributed by atoms with E-state index in [1.165, 1.54) is 93.6 Å². The van der Waals surface area contributed by atoms with Crippen molar-refractivity contribution in [2.75, 3.05) is 52.4 Å². The predicted octanol–water partition coefficient (Wildman–Crippen LogP) is 4.99. The number of likely N-dealkylation sites (tertiary alicyclic amines) is 4. The van der Waals surface area contributed by atoms with Crippen molar-refractivity contribution in [2.24, 2.45) is 5.92 Å². The van der Waals surface area contributed by atoms with Crippen LogP contribution in [0.15, 0.2) is 37.4 Å². The number of rotatable bonds is 6. The third-order valence-corrected chi connectivity index (χ3v) is 8.85. The summed E-state index contributed by atoms with van der Waals surface area (Å²) >= 11 is 0. The van der Waals surface area contributed by atoms with Crippen LogP contribution in [0.1, 0.15) is 63.0 Å². The van der Waals surface area contributed by atoms with Crippen LogP contribution in [-0.2, 0) is 0 Å². The highest BCUT2D eigenvalue weighted by atomic mass is 15.2. The van der Waals surface area contributed by atoms with Crippen molar-refractivity contribution in [3.8, 4) is 0 Å². The summed E-state index contributed by atoms with van der Waals surface area (Å²) in [6.45, 7) is 21.2. The van der Waals surface area contributed by atoms with E-state index in [-0.39, 0.29) is 0 Å². The van der Waals surface area contributed by atoms with Gasteiger partial charge in [0.1, 0.15) is 0 Å². The molecular weight excluding hydrogens is 404 g/mol. The second-order valence-electron chi connectivity index (χ2n) is 11.0. The molecule has 0 radical (unpaired) electrons. The van der Waals surface area contributed by atoms with Crippen LogP contribution < -0.4 is 0 Å². The van der Waals surface area contributed by atoms with Crippen molar-refractivity contribution in [3.05, 3.63) is 48.6 Å². The molecule has 0 aromatic heterocycles. The molecule has 4 aliphatic heterocycles. The first-order valence-electron chi connectivity index (χ1n) is 13.5. The molecule has 1 aromatic rings. The molecule has 0 aliphatic carbocycles. The molecule has 1 unspecified atom stereocenters. The smallest absolute Gasteiger partial charge is 0.0367 e. The Morgan fingerprint density at radius 2 is 1.21 bits per heavy atom.